The molecule has 0 heterocycles. The molecule has 8 nitrogen and oxygen atoms in total. The predicted molar refractivity (Wildman–Crippen MR) is 161 cm³/mol. The number of nitrogens with one attached hydrogen (secondary N) is 2. The third kappa shape index (κ3) is 7.64. The van der Waals surface area contributed by atoms with Crippen LogP contribution in [0.5, 0.6) is 0 Å². The summed E-state index contributed by atoms with van der Waals surface area (Å²) in [6, 6.07) is 31.7. The molecule has 202 valence electrons. The summed E-state index contributed by atoms with van der Waals surface area (Å²) in [5, 5.41) is 13.5. The molecule has 0 aliphatic heterocycles. The van der Waals surface area contributed by atoms with Crippen LogP contribution in [-0.4, -0.2) is 29.5 Å². The zero-order valence-corrected chi connectivity index (χ0v) is 22.5. The normalized spacial score (nSPS) is 11.8. The average Bonchev–Trinajstić information content (AvgIpc) is 2.96. The van der Waals surface area contributed by atoms with Gasteiger partial charge in [-0.2, -0.15) is 5.10 Å². The third-order valence-corrected chi connectivity index (χ3v) is 6.27. The molecule has 0 unspecified atom stereocenters. The number of nitrogens with two attached hydrogens (primary N) is 2. The highest BCUT2D eigenvalue weighted by Gasteiger charge is 2.22. The van der Waals surface area contributed by atoms with Gasteiger partial charge in [0.15, 0.2) is 0 Å². The number of carbonyl (C=O) groups is 2. The van der Waals surface area contributed by atoms with Crippen molar-refractivity contribution >= 4 is 29.2 Å². The Labute approximate surface area is 233 Å². The molecule has 0 aliphatic rings. The molecule has 0 saturated heterocycles. The average molecular weight is 533 g/mol. The molecule has 0 aromatic heterocycles. The van der Waals surface area contributed by atoms with Crippen molar-refractivity contribution in [1.29, 1.82) is 0 Å². The monoisotopic (exact) mass is 532 g/mol. The summed E-state index contributed by atoms with van der Waals surface area (Å²) in [5.41, 5.74) is 17.1. The van der Waals surface area contributed by atoms with Crippen molar-refractivity contribution in [1.82, 2.24) is 5.32 Å². The standard InChI is InChI=1S/C32H32N6O2/c1-21-8-6-12-27(18-21)30(39)36-29(19-23-14-16-25(17-15-23)24-9-4-3-5-10-24)31(40)35-28-13-7-11-26(20-28)22(2)37-38-32(33)34/h3-18,20,29H,19H2,1-2H3,(H,35,40)(H,36,39)(H4,33,34,38)/b37-22+/t29-/m0/s1. The summed E-state index contributed by atoms with van der Waals surface area (Å²) in [6.07, 6.45) is 0.309. The van der Waals surface area contributed by atoms with Gasteiger partial charge in [-0.1, -0.05) is 84.4 Å². The van der Waals surface area contributed by atoms with Gasteiger partial charge in [0, 0.05) is 17.7 Å². The fourth-order valence-corrected chi connectivity index (χ4v) is 4.18. The van der Waals surface area contributed by atoms with Crippen LogP contribution in [0.2, 0.25) is 0 Å². The number of rotatable bonds is 9. The molecule has 0 bridgehead atoms. The molecule has 8 heteroatoms. The summed E-state index contributed by atoms with van der Waals surface area (Å²) < 4.78 is 0. The number of amides is 2. The van der Waals surface area contributed by atoms with Crippen molar-refractivity contribution in [2.24, 2.45) is 21.7 Å². The summed E-state index contributed by atoms with van der Waals surface area (Å²) in [6.45, 7) is 3.68. The van der Waals surface area contributed by atoms with Crippen LogP contribution in [0.3, 0.4) is 0 Å². The van der Waals surface area contributed by atoms with Gasteiger partial charge in [0.2, 0.25) is 11.9 Å². The van der Waals surface area contributed by atoms with Gasteiger partial charge in [-0.15, -0.1) is 5.10 Å². The maximum absolute atomic E-state index is 13.5. The Bertz CT molecular complexity index is 1540. The highest BCUT2D eigenvalue weighted by molar-refractivity contribution is 6.03. The number of aryl methyl sites for hydroxylation is 1. The molecule has 2 amide bonds. The second-order valence-electron chi connectivity index (χ2n) is 9.44. The maximum Gasteiger partial charge on any atom is 0.251 e. The lowest BCUT2D eigenvalue weighted by Gasteiger charge is -2.19. The molecule has 4 rings (SSSR count). The first-order valence-electron chi connectivity index (χ1n) is 12.8. The van der Waals surface area contributed by atoms with E-state index in [-0.39, 0.29) is 17.8 Å². The lowest BCUT2D eigenvalue weighted by Crippen LogP contribution is -2.45. The van der Waals surface area contributed by atoms with E-state index in [4.69, 9.17) is 11.5 Å². The molecule has 0 saturated carbocycles. The molecule has 40 heavy (non-hydrogen) atoms. The summed E-state index contributed by atoms with van der Waals surface area (Å²) in [4.78, 5) is 26.6. The fourth-order valence-electron chi connectivity index (χ4n) is 4.18. The molecule has 0 radical (unpaired) electrons. The first-order valence-corrected chi connectivity index (χ1v) is 12.8. The summed E-state index contributed by atoms with van der Waals surface area (Å²) in [5.74, 6) is -0.810. The maximum atomic E-state index is 13.5. The summed E-state index contributed by atoms with van der Waals surface area (Å²) in [7, 11) is 0. The van der Waals surface area contributed by atoms with Crippen molar-refractivity contribution in [3.63, 3.8) is 0 Å². The molecule has 0 spiro atoms. The van der Waals surface area contributed by atoms with Gasteiger partial charge in [0.1, 0.15) is 6.04 Å². The van der Waals surface area contributed by atoms with E-state index in [9.17, 15) is 9.59 Å². The molecule has 0 aliphatic carbocycles. The zero-order valence-electron chi connectivity index (χ0n) is 22.5. The summed E-state index contributed by atoms with van der Waals surface area (Å²) >= 11 is 0. The van der Waals surface area contributed by atoms with Crippen LogP contribution in [0.15, 0.2) is 113 Å². The number of hydrogen-bond donors (Lipinski definition) is 4. The molecule has 0 fully saturated rings. The Morgan fingerprint density at radius 3 is 2.15 bits per heavy atom. The van der Waals surface area contributed by atoms with Gasteiger partial charge in [-0.05, 0) is 60.4 Å². The quantitative estimate of drug-likeness (QED) is 0.142. The number of carbonyl (C=O) groups excluding carboxylic acids is 2. The predicted octanol–water partition coefficient (Wildman–Crippen LogP) is 4.64. The van der Waals surface area contributed by atoms with Crippen LogP contribution in [0, 0.1) is 6.92 Å². The first-order chi connectivity index (χ1) is 19.3. The fraction of sp³-hybridized carbons (Fsp3) is 0.125. The van der Waals surface area contributed by atoms with Crippen LogP contribution in [0.4, 0.5) is 5.69 Å². The van der Waals surface area contributed by atoms with E-state index in [1.165, 1.54) is 0 Å². The minimum absolute atomic E-state index is 0.146. The van der Waals surface area contributed by atoms with Crippen molar-refractivity contribution < 1.29 is 9.59 Å². The SMILES string of the molecule is C/C(=N\N=C(N)N)c1cccc(NC(=O)[C@H](Cc2ccc(-c3ccccc3)cc2)NC(=O)c2cccc(C)c2)c1. The van der Waals surface area contributed by atoms with E-state index in [0.717, 1.165) is 27.8 Å². The van der Waals surface area contributed by atoms with Crippen LogP contribution >= 0.6 is 0 Å². The van der Waals surface area contributed by atoms with Gasteiger partial charge in [-0.25, -0.2) is 0 Å². The van der Waals surface area contributed by atoms with Crippen LogP contribution in [0.25, 0.3) is 11.1 Å². The van der Waals surface area contributed by atoms with Crippen molar-refractivity contribution in [3.8, 4) is 11.1 Å². The largest absolute Gasteiger partial charge is 0.369 e. The van der Waals surface area contributed by atoms with E-state index >= 15 is 0 Å². The number of anilines is 1. The van der Waals surface area contributed by atoms with Crippen molar-refractivity contribution in [2.75, 3.05) is 5.32 Å². The van der Waals surface area contributed by atoms with E-state index in [2.05, 4.69) is 20.8 Å². The molecule has 1 atom stereocenters. The second-order valence-corrected chi connectivity index (χ2v) is 9.44. The van der Waals surface area contributed by atoms with E-state index in [1.807, 2.05) is 79.7 Å². The second kappa shape index (κ2) is 13.0. The molecule has 4 aromatic carbocycles. The zero-order chi connectivity index (χ0) is 28.5. The van der Waals surface area contributed by atoms with Crippen LogP contribution in [0.1, 0.15) is 34.0 Å². The number of guanidine groups is 1. The molecular formula is C32H32N6O2. The molecule has 4 aromatic rings. The van der Waals surface area contributed by atoms with E-state index in [1.54, 1.807) is 37.3 Å². The number of benzene rings is 4. The Balaban J connectivity index is 1.56. The minimum atomic E-state index is -0.823. The highest BCUT2D eigenvalue weighted by Crippen LogP contribution is 2.20. The highest BCUT2D eigenvalue weighted by atomic mass is 16.2. The van der Waals surface area contributed by atoms with E-state index in [0.29, 0.717) is 23.4 Å². The topological polar surface area (TPSA) is 135 Å². The lowest BCUT2D eigenvalue weighted by molar-refractivity contribution is -0.118. The van der Waals surface area contributed by atoms with Crippen molar-refractivity contribution in [2.45, 2.75) is 26.3 Å². The van der Waals surface area contributed by atoms with Gasteiger partial charge in [0.25, 0.3) is 5.91 Å². The molecule has 6 N–H and O–H groups in total. The van der Waals surface area contributed by atoms with Gasteiger partial charge < -0.3 is 22.1 Å². The minimum Gasteiger partial charge on any atom is -0.369 e. The Morgan fingerprint density at radius 2 is 1.45 bits per heavy atom. The van der Waals surface area contributed by atoms with Crippen molar-refractivity contribution in [3.05, 3.63) is 125 Å². The molecular weight excluding hydrogens is 500 g/mol. The van der Waals surface area contributed by atoms with Gasteiger partial charge in [0.05, 0.1) is 5.71 Å². The number of nitrogens with zero attached hydrogens (tertiary/aromatic N) is 2. The van der Waals surface area contributed by atoms with Gasteiger partial charge in [-0.3, -0.25) is 9.59 Å². The number of hydrogen-bond acceptors (Lipinski definition) is 4. The third-order valence-electron chi connectivity index (χ3n) is 6.27. The van der Waals surface area contributed by atoms with Crippen LogP contribution in [-0.2, 0) is 11.2 Å². The smallest absolute Gasteiger partial charge is 0.251 e. The van der Waals surface area contributed by atoms with Crippen LogP contribution < -0.4 is 22.1 Å². The Kier molecular flexibility index (Phi) is 9.04. The Hall–Kier alpha value is -5.24. The van der Waals surface area contributed by atoms with E-state index < -0.39 is 6.04 Å². The van der Waals surface area contributed by atoms with Gasteiger partial charge >= 0.3 is 0 Å². The first kappa shape index (κ1) is 27.8. The lowest BCUT2D eigenvalue weighted by atomic mass is 10.00. The Morgan fingerprint density at radius 1 is 0.775 bits per heavy atom.